The Morgan fingerprint density at radius 2 is 2.00 bits per heavy atom. The Hall–Kier alpha value is -0.590. The molecule has 21 heavy (non-hydrogen) atoms. The SMILES string of the molecule is CCCOc1ccc(C(NCC)C(C)S(C)(=O)=O)cc1Br. The van der Waals surface area contributed by atoms with Crippen molar-refractivity contribution in [3.8, 4) is 5.75 Å². The maximum atomic E-state index is 11.8. The van der Waals surface area contributed by atoms with E-state index in [9.17, 15) is 8.42 Å². The number of hydrogen-bond acceptors (Lipinski definition) is 4. The van der Waals surface area contributed by atoms with Gasteiger partial charge in [0.2, 0.25) is 0 Å². The van der Waals surface area contributed by atoms with E-state index in [0.29, 0.717) is 13.2 Å². The molecule has 0 saturated heterocycles. The standard InChI is InChI=1S/C15H24BrNO3S/c1-5-9-20-14-8-7-12(10-13(14)16)15(17-6-2)11(3)21(4,18)19/h7-8,10-11,15,17H,5-6,9H2,1-4H3. The van der Waals surface area contributed by atoms with Gasteiger partial charge in [0, 0.05) is 12.3 Å². The van der Waals surface area contributed by atoms with E-state index in [0.717, 1.165) is 22.2 Å². The van der Waals surface area contributed by atoms with Gasteiger partial charge in [-0.3, -0.25) is 0 Å². The fourth-order valence-electron chi connectivity index (χ4n) is 2.06. The normalized spacial score (nSPS) is 14.7. The van der Waals surface area contributed by atoms with Crippen molar-refractivity contribution in [1.29, 1.82) is 0 Å². The first-order valence-electron chi connectivity index (χ1n) is 7.15. The predicted octanol–water partition coefficient (Wildman–Crippen LogP) is 3.32. The summed E-state index contributed by atoms with van der Waals surface area (Å²) >= 11 is 3.49. The van der Waals surface area contributed by atoms with Crippen LogP contribution in [0, 0.1) is 0 Å². The molecule has 120 valence electrons. The Balaban J connectivity index is 3.07. The summed E-state index contributed by atoms with van der Waals surface area (Å²) in [6, 6.07) is 5.50. The number of benzene rings is 1. The monoisotopic (exact) mass is 377 g/mol. The second-order valence-electron chi connectivity index (χ2n) is 5.11. The Morgan fingerprint density at radius 3 is 2.48 bits per heavy atom. The first-order chi connectivity index (χ1) is 9.81. The fourth-order valence-corrected chi connectivity index (χ4v) is 3.32. The van der Waals surface area contributed by atoms with Crippen LogP contribution in [0.15, 0.2) is 22.7 Å². The molecule has 1 rings (SSSR count). The summed E-state index contributed by atoms with van der Waals surface area (Å²) in [6.07, 6.45) is 2.22. The van der Waals surface area contributed by atoms with Crippen LogP contribution in [0.5, 0.6) is 5.75 Å². The van der Waals surface area contributed by atoms with Crippen LogP contribution in [0.25, 0.3) is 0 Å². The van der Waals surface area contributed by atoms with E-state index in [4.69, 9.17) is 4.74 Å². The molecule has 2 unspecified atom stereocenters. The zero-order valence-electron chi connectivity index (χ0n) is 13.0. The highest BCUT2D eigenvalue weighted by molar-refractivity contribution is 9.10. The topological polar surface area (TPSA) is 55.4 Å². The van der Waals surface area contributed by atoms with Gasteiger partial charge in [-0.1, -0.05) is 19.9 Å². The van der Waals surface area contributed by atoms with E-state index in [1.54, 1.807) is 6.92 Å². The van der Waals surface area contributed by atoms with Crippen molar-refractivity contribution < 1.29 is 13.2 Å². The van der Waals surface area contributed by atoms with E-state index in [1.807, 2.05) is 25.1 Å². The van der Waals surface area contributed by atoms with Crippen molar-refractivity contribution in [2.75, 3.05) is 19.4 Å². The molecule has 0 aliphatic carbocycles. The van der Waals surface area contributed by atoms with Gasteiger partial charge in [-0.05, 0) is 53.5 Å². The second-order valence-corrected chi connectivity index (χ2v) is 8.37. The number of halogens is 1. The molecule has 0 bridgehead atoms. The molecule has 1 N–H and O–H groups in total. The van der Waals surface area contributed by atoms with Crippen LogP contribution in [0.4, 0.5) is 0 Å². The highest BCUT2D eigenvalue weighted by Gasteiger charge is 2.27. The molecule has 0 amide bonds. The van der Waals surface area contributed by atoms with Gasteiger partial charge in [-0.2, -0.15) is 0 Å². The predicted molar refractivity (Wildman–Crippen MR) is 90.7 cm³/mol. The lowest BCUT2D eigenvalue weighted by atomic mass is 10.0. The molecule has 4 nitrogen and oxygen atoms in total. The van der Waals surface area contributed by atoms with E-state index in [1.165, 1.54) is 6.26 Å². The van der Waals surface area contributed by atoms with Crippen LogP contribution in [0.3, 0.4) is 0 Å². The molecule has 0 aliphatic heterocycles. The van der Waals surface area contributed by atoms with Crippen molar-refractivity contribution in [2.45, 2.75) is 38.5 Å². The number of hydrogen-bond donors (Lipinski definition) is 1. The number of rotatable bonds is 8. The average Bonchev–Trinajstić information content (AvgIpc) is 2.41. The molecule has 1 aromatic carbocycles. The maximum absolute atomic E-state index is 11.8. The van der Waals surface area contributed by atoms with Crippen LogP contribution in [0.2, 0.25) is 0 Å². The summed E-state index contributed by atoms with van der Waals surface area (Å²) in [5.74, 6) is 0.780. The molecule has 0 aromatic heterocycles. The van der Waals surface area contributed by atoms with E-state index in [-0.39, 0.29) is 6.04 Å². The molecule has 2 atom stereocenters. The van der Waals surface area contributed by atoms with Crippen molar-refractivity contribution in [3.63, 3.8) is 0 Å². The Labute approximate surface area is 136 Å². The Morgan fingerprint density at radius 1 is 1.33 bits per heavy atom. The van der Waals surface area contributed by atoms with Crippen LogP contribution in [0.1, 0.15) is 38.8 Å². The molecule has 0 radical (unpaired) electrons. The lowest BCUT2D eigenvalue weighted by Crippen LogP contribution is -2.35. The molecule has 0 saturated carbocycles. The summed E-state index contributed by atoms with van der Waals surface area (Å²) < 4.78 is 30.1. The zero-order chi connectivity index (χ0) is 16.0. The molecular formula is C15H24BrNO3S. The van der Waals surface area contributed by atoms with Crippen LogP contribution in [-0.2, 0) is 9.84 Å². The lowest BCUT2D eigenvalue weighted by molar-refractivity contribution is 0.315. The van der Waals surface area contributed by atoms with Gasteiger partial charge in [-0.15, -0.1) is 0 Å². The number of ether oxygens (including phenoxy) is 1. The molecule has 0 aliphatic rings. The minimum atomic E-state index is -3.12. The van der Waals surface area contributed by atoms with Crippen LogP contribution in [-0.4, -0.2) is 33.1 Å². The van der Waals surface area contributed by atoms with Gasteiger partial charge in [0.05, 0.1) is 16.3 Å². The van der Waals surface area contributed by atoms with Crippen molar-refractivity contribution in [2.24, 2.45) is 0 Å². The van der Waals surface area contributed by atoms with Gasteiger partial charge in [0.25, 0.3) is 0 Å². The van der Waals surface area contributed by atoms with E-state index in [2.05, 4.69) is 28.2 Å². The summed E-state index contributed by atoms with van der Waals surface area (Å²) in [4.78, 5) is 0. The van der Waals surface area contributed by atoms with Gasteiger partial charge in [-0.25, -0.2) is 8.42 Å². The van der Waals surface area contributed by atoms with Gasteiger partial charge < -0.3 is 10.1 Å². The minimum Gasteiger partial charge on any atom is -0.492 e. The minimum absolute atomic E-state index is 0.235. The van der Waals surface area contributed by atoms with Crippen molar-refractivity contribution in [1.82, 2.24) is 5.32 Å². The van der Waals surface area contributed by atoms with Crippen LogP contribution >= 0.6 is 15.9 Å². The highest BCUT2D eigenvalue weighted by atomic mass is 79.9. The first-order valence-corrected chi connectivity index (χ1v) is 9.90. The van der Waals surface area contributed by atoms with Crippen LogP contribution < -0.4 is 10.1 Å². The fraction of sp³-hybridized carbons (Fsp3) is 0.600. The third-order valence-electron chi connectivity index (χ3n) is 3.35. The molecule has 0 heterocycles. The Kier molecular flexibility index (Phi) is 7.16. The van der Waals surface area contributed by atoms with Gasteiger partial charge in [0.15, 0.2) is 9.84 Å². The largest absolute Gasteiger partial charge is 0.492 e. The molecule has 0 spiro atoms. The third kappa shape index (κ3) is 5.27. The summed E-state index contributed by atoms with van der Waals surface area (Å²) in [7, 11) is -3.12. The quantitative estimate of drug-likeness (QED) is 0.754. The average molecular weight is 378 g/mol. The zero-order valence-corrected chi connectivity index (χ0v) is 15.4. The van der Waals surface area contributed by atoms with Gasteiger partial charge >= 0.3 is 0 Å². The van der Waals surface area contributed by atoms with Crippen molar-refractivity contribution in [3.05, 3.63) is 28.2 Å². The number of nitrogens with one attached hydrogen (secondary N) is 1. The smallest absolute Gasteiger partial charge is 0.151 e. The van der Waals surface area contributed by atoms with E-state index >= 15 is 0 Å². The third-order valence-corrected chi connectivity index (χ3v) is 5.59. The molecular weight excluding hydrogens is 354 g/mol. The van der Waals surface area contributed by atoms with Crippen molar-refractivity contribution >= 4 is 25.8 Å². The summed E-state index contributed by atoms with van der Waals surface area (Å²) in [6.45, 7) is 7.12. The lowest BCUT2D eigenvalue weighted by Gasteiger charge is -2.24. The highest BCUT2D eigenvalue weighted by Crippen LogP contribution is 2.30. The Bertz CT molecular complexity index is 560. The maximum Gasteiger partial charge on any atom is 0.151 e. The molecule has 0 fully saturated rings. The van der Waals surface area contributed by atoms with E-state index < -0.39 is 15.1 Å². The molecule has 1 aromatic rings. The number of sulfone groups is 1. The molecule has 6 heteroatoms. The first kappa shape index (κ1) is 18.5. The second kappa shape index (κ2) is 8.15. The summed E-state index contributed by atoms with van der Waals surface area (Å²) in [5, 5.41) is 2.76. The van der Waals surface area contributed by atoms with Gasteiger partial charge in [0.1, 0.15) is 5.75 Å². The summed E-state index contributed by atoms with van der Waals surface area (Å²) in [5.41, 5.74) is 0.936.